The Morgan fingerprint density at radius 1 is 1.06 bits per heavy atom. The van der Waals surface area contributed by atoms with Gasteiger partial charge in [-0.1, -0.05) is 0 Å². The van der Waals surface area contributed by atoms with Crippen LogP contribution in [0.25, 0.3) is 5.65 Å². The van der Waals surface area contributed by atoms with E-state index < -0.39 is 0 Å². The van der Waals surface area contributed by atoms with Crippen LogP contribution in [-0.2, 0) is 19.5 Å². The van der Waals surface area contributed by atoms with Gasteiger partial charge in [0.25, 0.3) is 5.56 Å². The minimum absolute atomic E-state index is 0.109. The lowest BCUT2D eigenvalue weighted by Crippen LogP contribution is -2.34. The fraction of sp³-hybridized carbons (Fsp3) is 0.375. The summed E-state index contributed by atoms with van der Waals surface area (Å²) in [5, 5.41) is 9.16. The smallest absolute Gasteiger partial charge is 0.277 e. The van der Waals surface area contributed by atoms with Crippen LogP contribution >= 0.6 is 0 Å². The molecule has 4 aromatic rings. The summed E-state index contributed by atoms with van der Waals surface area (Å²) in [6.07, 6.45) is 5.73. The molecule has 0 N–H and O–H groups in total. The molecule has 2 aliphatic heterocycles. The quantitative estimate of drug-likeness (QED) is 0.472. The Hall–Kier alpha value is -3.75. The molecule has 0 radical (unpaired) electrons. The molecule has 4 aromatic heterocycles. The zero-order chi connectivity index (χ0) is 22.7. The highest BCUT2D eigenvalue weighted by atomic mass is 16.1. The van der Waals surface area contributed by atoms with Crippen LogP contribution in [0.15, 0.2) is 35.4 Å². The maximum Gasteiger partial charge on any atom is 0.277 e. The molecule has 168 valence electrons. The first-order chi connectivity index (χ1) is 16.0. The van der Waals surface area contributed by atoms with Crippen molar-refractivity contribution in [1.29, 1.82) is 0 Å². The van der Waals surface area contributed by atoms with Gasteiger partial charge < -0.3 is 9.80 Å². The van der Waals surface area contributed by atoms with E-state index in [9.17, 15) is 4.79 Å². The summed E-state index contributed by atoms with van der Waals surface area (Å²) in [4.78, 5) is 26.7. The molecule has 0 aromatic carbocycles. The first-order valence-electron chi connectivity index (χ1n) is 11.4. The average molecular weight is 443 g/mol. The van der Waals surface area contributed by atoms with Crippen LogP contribution in [0.1, 0.15) is 34.5 Å². The highest BCUT2D eigenvalue weighted by Crippen LogP contribution is 2.32. The predicted octanol–water partition coefficient (Wildman–Crippen LogP) is 2.71. The number of fused-ring (bicyclic) bond motifs is 3. The van der Waals surface area contributed by atoms with E-state index in [0.717, 1.165) is 66.8 Å². The Bertz CT molecular complexity index is 1450. The van der Waals surface area contributed by atoms with Crippen LogP contribution in [0.3, 0.4) is 0 Å². The molecule has 0 fully saturated rings. The maximum atomic E-state index is 12.8. The van der Waals surface area contributed by atoms with E-state index in [4.69, 9.17) is 10.1 Å². The van der Waals surface area contributed by atoms with Crippen molar-refractivity contribution in [3.8, 4) is 0 Å². The van der Waals surface area contributed by atoms with Gasteiger partial charge in [0, 0.05) is 55.6 Å². The van der Waals surface area contributed by atoms with E-state index in [1.165, 1.54) is 10.1 Å². The monoisotopic (exact) mass is 442 g/mol. The molecule has 2 aliphatic rings. The number of pyridine rings is 1. The molecule has 0 unspecified atom stereocenters. The van der Waals surface area contributed by atoms with Crippen LogP contribution in [0.4, 0.5) is 17.3 Å². The highest BCUT2D eigenvalue weighted by Gasteiger charge is 2.24. The van der Waals surface area contributed by atoms with Gasteiger partial charge in [-0.3, -0.25) is 9.78 Å². The molecular formula is C24H26N8O. The number of aromatic nitrogens is 6. The molecule has 0 amide bonds. The summed E-state index contributed by atoms with van der Waals surface area (Å²) in [6.45, 7) is 9.11. The van der Waals surface area contributed by atoms with Gasteiger partial charge in [-0.15, -0.1) is 5.10 Å². The summed E-state index contributed by atoms with van der Waals surface area (Å²) in [7, 11) is 0. The standard InChI is InChI=1S/C24H26N8O/c1-15-11-21-27-17(3)16(2)24(33)32(21)28-23(15)29-10-6-20-18(14-29)12-19(13-25-20)30-8-4-9-31-22(30)5-7-26-31/h5,7,11-13H,4,6,8-10,14H2,1-3H3. The normalized spacial score (nSPS) is 15.6. The van der Waals surface area contributed by atoms with Gasteiger partial charge in [0.15, 0.2) is 11.5 Å². The summed E-state index contributed by atoms with van der Waals surface area (Å²) in [5.41, 5.74) is 6.29. The van der Waals surface area contributed by atoms with Gasteiger partial charge in [0.1, 0.15) is 5.82 Å². The lowest BCUT2D eigenvalue weighted by atomic mass is 10.0. The van der Waals surface area contributed by atoms with Crippen LogP contribution in [-0.4, -0.2) is 42.5 Å². The van der Waals surface area contributed by atoms with Crippen LogP contribution in [0.5, 0.6) is 0 Å². The zero-order valence-corrected chi connectivity index (χ0v) is 19.1. The lowest BCUT2D eigenvalue weighted by molar-refractivity contribution is 0.541. The Morgan fingerprint density at radius 2 is 1.94 bits per heavy atom. The molecule has 0 bridgehead atoms. The van der Waals surface area contributed by atoms with E-state index in [-0.39, 0.29) is 5.56 Å². The van der Waals surface area contributed by atoms with Gasteiger partial charge in [-0.05, 0) is 50.5 Å². The summed E-state index contributed by atoms with van der Waals surface area (Å²) in [5.74, 6) is 1.93. The predicted molar refractivity (Wildman–Crippen MR) is 126 cm³/mol. The van der Waals surface area contributed by atoms with Crippen molar-refractivity contribution in [3.63, 3.8) is 0 Å². The second-order valence-electron chi connectivity index (χ2n) is 8.94. The van der Waals surface area contributed by atoms with Crippen LogP contribution in [0, 0.1) is 20.8 Å². The SMILES string of the molecule is Cc1cc2nc(C)c(C)c(=O)n2nc1N1CCc2ncc(N3CCCn4nccc43)cc2C1. The molecule has 0 spiro atoms. The van der Waals surface area contributed by atoms with E-state index in [2.05, 4.69) is 32.0 Å². The third-order valence-electron chi connectivity index (χ3n) is 6.81. The van der Waals surface area contributed by atoms with Crippen LogP contribution in [0.2, 0.25) is 0 Å². The van der Waals surface area contributed by atoms with Crippen molar-refractivity contribution < 1.29 is 0 Å². The third kappa shape index (κ3) is 3.18. The van der Waals surface area contributed by atoms with Crippen molar-refractivity contribution in [1.82, 2.24) is 29.4 Å². The number of aryl methyl sites for hydroxylation is 3. The van der Waals surface area contributed by atoms with E-state index in [1.807, 2.05) is 37.0 Å². The average Bonchev–Trinajstić information content (AvgIpc) is 3.31. The van der Waals surface area contributed by atoms with Crippen molar-refractivity contribution >= 4 is 23.0 Å². The lowest BCUT2D eigenvalue weighted by Gasteiger charge is -2.33. The van der Waals surface area contributed by atoms with Crippen LogP contribution < -0.4 is 15.4 Å². The zero-order valence-electron chi connectivity index (χ0n) is 19.1. The van der Waals surface area contributed by atoms with E-state index in [0.29, 0.717) is 17.8 Å². The Balaban J connectivity index is 1.37. The fourth-order valence-electron chi connectivity index (χ4n) is 4.88. The molecule has 0 atom stereocenters. The Morgan fingerprint density at radius 3 is 2.82 bits per heavy atom. The second-order valence-corrected chi connectivity index (χ2v) is 8.94. The molecule has 9 nitrogen and oxygen atoms in total. The maximum absolute atomic E-state index is 12.8. The van der Waals surface area contributed by atoms with E-state index in [1.54, 1.807) is 6.92 Å². The molecule has 33 heavy (non-hydrogen) atoms. The first-order valence-corrected chi connectivity index (χ1v) is 11.4. The highest BCUT2D eigenvalue weighted by molar-refractivity contribution is 5.62. The van der Waals surface area contributed by atoms with Crippen molar-refractivity contribution in [2.24, 2.45) is 0 Å². The van der Waals surface area contributed by atoms with Gasteiger partial charge in [0.2, 0.25) is 0 Å². The number of rotatable bonds is 2. The molecule has 6 heterocycles. The summed E-state index contributed by atoms with van der Waals surface area (Å²) >= 11 is 0. The van der Waals surface area contributed by atoms with Gasteiger partial charge in [0.05, 0.1) is 18.1 Å². The molecule has 9 heteroatoms. The summed E-state index contributed by atoms with van der Waals surface area (Å²) < 4.78 is 3.48. The number of hydrogen-bond donors (Lipinski definition) is 0. The van der Waals surface area contributed by atoms with Gasteiger partial charge in [-0.2, -0.15) is 9.61 Å². The minimum Gasteiger partial charge on any atom is -0.350 e. The van der Waals surface area contributed by atoms with Gasteiger partial charge in [-0.25, -0.2) is 9.67 Å². The molecule has 0 aliphatic carbocycles. The number of hydrogen-bond acceptors (Lipinski definition) is 7. The molecule has 6 rings (SSSR count). The Labute approximate surface area is 191 Å². The van der Waals surface area contributed by atoms with Crippen molar-refractivity contribution in [2.75, 3.05) is 22.9 Å². The fourth-order valence-corrected chi connectivity index (χ4v) is 4.88. The summed E-state index contributed by atoms with van der Waals surface area (Å²) in [6, 6.07) is 6.26. The van der Waals surface area contributed by atoms with E-state index >= 15 is 0 Å². The molecular weight excluding hydrogens is 416 g/mol. The second kappa shape index (κ2) is 7.40. The molecule has 0 saturated heterocycles. The third-order valence-corrected chi connectivity index (χ3v) is 6.81. The number of nitrogens with zero attached hydrogens (tertiary/aromatic N) is 8. The largest absolute Gasteiger partial charge is 0.350 e. The van der Waals surface area contributed by atoms with Crippen molar-refractivity contribution in [3.05, 3.63) is 69.0 Å². The first kappa shape index (κ1) is 19.9. The molecule has 0 saturated carbocycles. The Kier molecular flexibility index (Phi) is 4.46. The topological polar surface area (TPSA) is 84.5 Å². The minimum atomic E-state index is -0.109. The van der Waals surface area contributed by atoms with Crippen molar-refractivity contribution in [2.45, 2.75) is 46.7 Å². The van der Waals surface area contributed by atoms with Gasteiger partial charge >= 0.3 is 0 Å². The number of anilines is 3.